The summed E-state index contributed by atoms with van der Waals surface area (Å²) in [5.74, 6) is 1.33. The molecule has 1 amide bonds. The first-order valence-electron chi connectivity index (χ1n) is 7.74. The fraction of sp³-hybridized carbons (Fsp3) is 0.500. The molecule has 1 saturated heterocycles. The van der Waals surface area contributed by atoms with Gasteiger partial charge in [-0.15, -0.1) is 10.2 Å². The van der Waals surface area contributed by atoms with Gasteiger partial charge in [0.25, 0.3) is 0 Å². The fourth-order valence-electron chi connectivity index (χ4n) is 2.61. The molecular formula is C16H21N5O. The Balaban J connectivity index is 1.64. The average molecular weight is 299 g/mol. The first-order chi connectivity index (χ1) is 10.6. The van der Waals surface area contributed by atoms with E-state index in [9.17, 15) is 4.79 Å². The van der Waals surface area contributed by atoms with Gasteiger partial charge in [0.2, 0.25) is 11.7 Å². The molecule has 0 saturated carbocycles. The fourth-order valence-corrected chi connectivity index (χ4v) is 2.61. The molecule has 0 radical (unpaired) electrons. The molecule has 6 nitrogen and oxygen atoms in total. The van der Waals surface area contributed by atoms with Gasteiger partial charge in [-0.3, -0.25) is 4.79 Å². The third-order valence-corrected chi connectivity index (χ3v) is 4.18. The van der Waals surface area contributed by atoms with Crippen LogP contribution in [0.15, 0.2) is 24.3 Å². The topological polar surface area (TPSA) is 63.9 Å². The second kappa shape index (κ2) is 6.25. The molecule has 116 valence electrons. The first kappa shape index (κ1) is 14.7. The van der Waals surface area contributed by atoms with Crippen molar-refractivity contribution in [3.63, 3.8) is 0 Å². The Morgan fingerprint density at radius 2 is 1.91 bits per heavy atom. The second-order valence-corrected chi connectivity index (χ2v) is 6.07. The van der Waals surface area contributed by atoms with Crippen LogP contribution in [0.2, 0.25) is 0 Å². The van der Waals surface area contributed by atoms with E-state index in [-0.39, 0.29) is 12.5 Å². The van der Waals surface area contributed by atoms with Crippen LogP contribution in [-0.4, -0.2) is 44.1 Å². The zero-order valence-electron chi connectivity index (χ0n) is 13.1. The molecule has 0 bridgehead atoms. The third kappa shape index (κ3) is 3.32. The minimum absolute atomic E-state index is 0.0692. The maximum absolute atomic E-state index is 12.3. The van der Waals surface area contributed by atoms with Gasteiger partial charge in [-0.1, -0.05) is 36.8 Å². The standard InChI is InChI=1S/C16H21N5O/c1-12-3-5-14(6-4-12)16-17-19-21(18-16)11-15(22)20-9-7-13(2)8-10-20/h3-6,13H,7-11H2,1-2H3. The van der Waals surface area contributed by atoms with Crippen molar-refractivity contribution < 1.29 is 4.79 Å². The number of carbonyl (C=O) groups is 1. The predicted octanol–water partition coefficient (Wildman–Crippen LogP) is 1.91. The SMILES string of the molecule is Cc1ccc(-c2nnn(CC(=O)N3CCC(C)CC3)n2)cc1. The molecule has 1 aliphatic rings. The van der Waals surface area contributed by atoms with Gasteiger partial charge in [-0.05, 0) is 30.9 Å². The van der Waals surface area contributed by atoms with Crippen LogP contribution in [0, 0.1) is 12.8 Å². The van der Waals surface area contributed by atoms with Gasteiger partial charge >= 0.3 is 0 Å². The van der Waals surface area contributed by atoms with Gasteiger partial charge in [-0.25, -0.2) is 0 Å². The molecule has 0 aliphatic carbocycles. The smallest absolute Gasteiger partial charge is 0.246 e. The molecule has 1 aliphatic heterocycles. The number of carbonyl (C=O) groups excluding carboxylic acids is 1. The molecule has 1 aromatic heterocycles. The predicted molar refractivity (Wildman–Crippen MR) is 83.0 cm³/mol. The van der Waals surface area contributed by atoms with Crippen molar-refractivity contribution in [2.24, 2.45) is 5.92 Å². The van der Waals surface area contributed by atoms with Gasteiger partial charge in [0.15, 0.2) is 0 Å². The van der Waals surface area contributed by atoms with E-state index >= 15 is 0 Å². The van der Waals surface area contributed by atoms with Crippen LogP contribution in [0.4, 0.5) is 0 Å². The molecule has 1 fully saturated rings. The van der Waals surface area contributed by atoms with Crippen molar-refractivity contribution in [3.8, 4) is 11.4 Å². The lowest BCUT2D eigenvalue weighted by molar-refractivity contribution is -0.133. The summed E-state index contributed by atoms with van der Waals surface area (Å²) in [6.45, 7) is 6.09. The number of likely N-dealkylation sites (tertiary alicyclic amines) is 1. The van der Waals surface area contributed by atoms with E-state index in [1.807, 2.05) is 36.1 Å². The summed E-state index contributed by atoms with van der Waals surface area (Å²) in [4.78, 5) is 15.5. The highest BCUT2D eigenvalue weighted by atomic mass is 16.2. The van der Waals surface area contributed by atoms with Crippen LogP contribution in [0.3, 0.4) is 0 Å². The minimum Gasteiger partial charge on any atom is -0.341 e. The monoisotopic (exact) mass is 299 g/mol. The largest absolute Gasteiger partial charge is 0.341 e. The summed E-state index contributed by atoms with van der Waals surface area (Å²) in [5.41, 5.74) is 2.10. The molecule has 0 N–H and O–H groups in total. The molecule has 2 aromatic rings. The number of benzene rings is 1. The molecule has 0 atom stereocenters. The van der Waals surface area contributed by atoms with E-state index in [1.165, 1.54) is 10.4 Å². The zero-order chi connectivity index (χ0) is 15.5. The third-order valence-electron chi connectivity index (χ3n) is 4.18. The quantitative estimate of drug-likeness (QED) is 0.868. The summed E-state index contributed by atoms with van der Waals surface area (Å²) in [6, 6.07) is 7.95. The Labute approximate surface area is 130 Å². The highest BCUT2D eigenvalue weighted by Gasteiger charge is 2.21. The van der Waals surface area contributed by atoms with E-state index in [2.05, 4.69) is 22.3 Å². The van der Waals surface area contributed by atoms with E-state index < -0.39 is 0 Å². The number of hydrogen-bond donors (Lipinski definition) is 0. The maximum Gasteiger partial charge on any atom is 0.246 e. The Hall–Kier alpha value is -2.24. The molecular weight excluding hydrogens is 278 g/mol. The van der Waals surface area contributed by atoms with Crippen LogP contribution in [-0.2, 0) is 11.3 Å². The lowest BCUT2D eigenvalue weighted by Gasteiger charge is -2.30. The van der Waals surface area contributed by atoms with E-state index in [0.717, 1.165) is 31.5 Å². The first-order valence-corrected chi connectivity index (χ1v) is 7.74. The Morgan fingerprint density at radius 1 is 1.23 bits per heavy atom. The summed E-state index contributed by atoms with van der Waals surface area (Å²) in [5, 5.41) is 12.3. The van der Waals surface area contributed by atoms with E-state index in [0.29, 0.717) is 11.7 Å². The van der Waals surface area contributed by atoms with Gasteiger partial charge < -0.3 is 4.90 Å². The Bertz CT molecular complexity index is 641. The molecule has 22 heavy (non-hydrogen) atoms. The van der Waals surface area contributed by atoms with Gasteiger partial charge in [0, 0.05) is 18.7 Å². The number of rotatable bonds is 3. The number of aryl methyl sites for hydroxylation is 1. The number of hydrogen-bond acceptors (Lipinski definition) is 4. The van der Waals surface area contributed by atoms with Crippen molar-refractivity contribution in [1.82, 2.24) is 25.1 Å². The van der Waals surface area contributed by atoms with Crippen LogP contribution < -0.4 is 0 Å². The highest BCUT2D eigenvalue weighted by molar-refractivity contribution is 5.75. The van der Waals surface area contributed by atoms with Crippen LogP contribution in [0.25, 0.3) is 11.4 Å². The molecule has 0 spiro atoms. The number of tetrazole rings is 1. The van der Waals surface area contributed by atoms with Crippen LogP contribution in [0.5, 0.6) is 0 Å². The van der Waals surface area contributed by atoms with Crippen LogP contribution >= 0.6 is 0 Å². The van der Waals surface area contributed by atoms with Crippen molar-refractivity contribution >= 4 is 5.91 Å². The highest BCUT2D eigenvalue weighted by Crippen LogP contribution is 2.17. The average Bonchev–Trinajstić information content (AvgIpc) is 2.97. The van der Waals surface area contributed by atoms with Gasteiger partial charge in [0.05, 0.1) is 0 Å². The number of aromatic nitrogens is 4. The number of nitrogens with zero attached hydrogens (tertiary/aromatic N) is 5. The lowest BCUT2D eigenvalue weighted by atomic mass is 9.99. The molecule has 2 heterocycles. The Kier molecular flexibility index (Phi) is 4.18. The summed E-state index contributed by atoms with van der Waals surface area (Å²) in [6.07, 6.45) is 2.15. The second-order valence-electron chi connectivity index (χ2n) is 6.07. The normalized spacial score (nSPS) is 16.0. The molecule has 3 rings (SSSR count). The number of piperidine rings is 1. The summed E-state index contributed by atoms with van der Waals surface area (Å²) < 4.78 is 0. The number of amides is 1. The van der Waals surface area contributed by atoms with Crippen molar-refractivity contribution in [1.29, 1.82) is 0 Å². The van der Waals surface area contributed by atoms with Gasteiger partial charge in [0.1, 0.15) is 6.54 Å². The van der Waals surface area contributed by atoms with E-state index in [4.69, 9.17) is 0 Å². The summed E-state index contributed by atoms with van der Waals surface area (Å²) in [7, 11) is 0. The molecule has 6 heteroatoms. The van der Waals surface area contributed by atoms with Crippen molar-refractivity contribution in [3.05, 3.63) is 29.8 Å². The zero-order valence-corrected chi connectivity index (χ0v) is 13.1. The van der Waals surface area contributed by atoms with Crippen molar-refractivity contribution in [2.75, 3.05) is 13.1 Å². The van der Waals surface area contributed by atoms with Crippen LogP contribution in [0.1, 0.15) is 25.3 Å². The molecule has 1 aromatic carbocycles. The maximum atomic E-state index is 12.3. The Morgan fingerprint density at radius 3 is 2.59 bits per heavy atom. The minimum atomic E-state index is 0.0692. The molecule has 0 unspecified atom stereocenters. The van der Waals surface area contributed by atoms with E-state index in [1.54, 1.807) is 0 Å². The summed E-state index contributed by atoms with van der Waals surface area (Å²) >= 11 is 0. The van der Waals surface area contributed by atoms with Gasteiger partial charge in [-0.2, -0.15) is 4.80 Å². The van der Waals surface area contributed by atoms with Crippen molar-refractivity contribution in [2.45, 2.75) is 33.2 Å². The lowest BCUT2D eigenvalue weighted by Crippen LogP contribution is -2.40.